The number of carbonyl (C=O) groups is 1. The van der Waals surface area contributed by atoms with Gasteiger partial charge in [-0.1, -0.05) is 24.3 Å². The minimum Gasteiger partial charge on any atom is -0.497 e. The molecule has 104 valence electrons. The zero-order valence-corrected chi connectivity index (χ0v) is 11.9. The van der Waals surface area contributed by atoms with Crippen molar-refractivity contribution >= 4 is 5.78 Å². The number of benzene rings is 2. The fraction of sp³-hybridized carbons (Fsp3) is 0.235. The third kappa shape index (κ3) is 3.18. The summed E-state index contributed by atoms with van der Waals surface area (Å²) in [6.45, 7) is 3.50. The number of Topliss-reactive ketones (excluding diaryl/α,β-unsaturated/α-hetero) is 1. The number of ether oxygens (including phenoxy) is 2. The van der Waals surface area contributed by atoms with E-state index in [1.165, 1.54) is 0 Å². The van der Waals surface area contributed by atoms with Crippen LogP contribution in [0.5, 0.6) is 11.5 Å². The number of carbonyl (C=O) groups excluding carboxylic acids is 1. The SMILES string of the molecule is COc1ccc(C(C)Oc2ccccc2C(C)=O)cc1. The third-order valence-electron chi connectivity index (χ3n) is 3.16. The first kappa shape index (κ1) is 14.1. The second-order valence-corrected chi connectivity index (χ2v) is 4.59. The van der Waals surface area contributed by atoms with Gasteiger partial charge in [0.2, 0.25) is 0 Å². The van der Waals surface area contributed by atoms with Crippen LogP contribution in [0.25, 0.3) is 0 Å². The van der Waals surface area contributed by atoms with Gasteiger partial charge in [0.25, 0.3) is 0 Å². The second kappa shape index (κ2) is 6.24. The molecule has 0 fully saturated rings. The number of hydrogen-bond acceptors (Lipinski definition) is 3. The van der Waals surface area contributed by atoms with Crippen LogP contribution in [0.1, 0.15) is 35.9 Å². The quantitative estimate of drug-likeness (QED) is 0.769. The van der Waals surface area contributed by atoms with Crippen LogP contribution in [0.2, 0.25) is 0 Å². The predicted molar refractivity (Wildman–Crippen MR) is 78.5 cm³/mol. The van der Waals surface area contributed by atoms with Crippen molar-refractivity contribution in [2.45, 2.75) is 20.0 Å². The van der Waals surface area contributed by atoms with Crippen molar-refractivity contribution in [2.24, 2.45) is 0 Å². The molecule has 0 amide bonds. The molecule has 3 nitrogen and oxygen atoms in total. The van der Waals surface area contributed by atoms with Crippen molar-refractivity contribution in [2.75, 3.05) is 7.11 Å². The van der Waals surface area contributed by atoms with Crippen LogP contribution in [-0.4, -0.2) is 12.9 Å². The Morgan fingerprint density at radius 2 is 1.70 bits per heavy atom. The van der Waals surface area contributed by atoms with Gasteiger partial charge in [-0.15, -0.1) is 0 Å². The normalized spacial score (nSPS) is 11.8. The topological polar surface area (TPSA) is 35.5 Å². The van der Waals surface area contributed by atoms with E-state index in [1.807, 2.05) is 49.4 Å². The maximum atomic E-state index is 11.6. The molecule has 3 heteroatoms. The number of rotatable bonds is 5. The molecule has 0 saturated carbocycles. The highest BCUT2D eigenvalue weighted by Crippen LogP contribution is 2.26. The molecule has 0 aliphatic carbocycles. The summed E-state index contributed by atoms with van der Waals surface area (Å²) in [7, 11) is 1.64. The van der Waals surface area contributed by atoms with Gasteiger partial charge in [-0.2, -0.15) is 0 Å². The Balaban J connectivity index is 2.18. The Hall–Kier alpha value is -2.29. The Bertz CT molecular complexity index is 587. The highest BCUT2D eigenvalue weighted by Gasteiger charge is 2.12. The first-order valence-electron chi connectivity index (χ1n) is 6.52. The van der Waals surface area contributed by atoms with Crippen molar-refractivity contribution in [3.63, 3.8) is 0 Å². The molecule has 0 N–H and O–H groups in total. The lowest BCUT2D eigenvalue weighted by atomic mass is 10.1. The Labute approximate surface area is 119 Å². The maximum absolute atomic E-state index is 11.6. The molecule has 1 atom stereocenters. The molecule has 20 heavy (non-hydrogen) atoms. The molecule has 0 radical (unpaired) electrons. The van der Waals surface area contributed by atoms with Gasteiger partial charge in [0.1, 0.15) is 17.6 Å². The minimum atomic E-state index is -0.138. The highest BCUT2D eigenvalue weighted by molar-refractivity contribution is 5.96. The molecular formula is C17H18O3. The molecule has 0 bridgehead atoms. The summed E-state index contributed by atoms with van der Waals surface area (Å²) < 4.78 is 11.0. The minimum absolute atomic E-state index is 0.00234. The van der Waals surface area contributed by atoms with E-state index in [0.717, 1.165) is 11.3 Å². The van der Waals surface area contributed by atoms with Crippen LogP contribution in [0.3, 0.4) is 0 Å². The van der Waals surface area contributed by atoms with Crippen LogP contribution in [0.4, 0.5) is 0 Å². The predicted octanol–water partition coefficient (Wildman–Crippen LogP) is 4.04. The molecule has 2 aromatic carbocycles. The molecule has 2 aromatic rings. The number of methoxy groups -OCH3 is 1. The molecule has 0 aliphatic heterocycles. The molecule has 0 spiro atoms. The van der Waals surface area contributed by atoms with E-state index in [1.54, 1.807) is 20.1 Å². The summed E-state index contributed by atoms with van der Waals surface area (Å²) in [6.07, 6.45) is -0.138. The van der Waals surface area contributed by atoms with E-state index in [2.05, 4.69) is 0 Å². The average Bonchev–Trinajstić information content (AvgIpc) is 2.47. The number of ketones is 1. The third-order valence-corrected chi connectivity index (χ3v) is 3.16. The van der Waals surface area contributed by atoms with E-state index in [-0.39, 0.29) is 11.9 Å². The molecule has 0 saturated heterocycles. The van der Waals surface area contributed by atoms with Crippen molar-refractivity contribution in [3.05, 3.63) is 59.7 Å². The largest absolute Gasteiger partial charge is 0.497 e. The van der Waals surface area contributed by atoms with Gasteiger partial charge in [0, 0.05) is 0 Å². The van der Waals surface area contributed by atoms with Gasteiger partial charge in [0.05, 0.1) is 12.7 Å². The molecule has 1 unspecified atom stereocenters. The monoisotopic (exact) mass is 270 g/mol. The smallest absolute Gasteiger partial charge is 0.163 e. The van der Waals surface area contributed by atoms with E-state index in [4.69, 9.17) is 9.47 Å². The Morgan fingerprint density at radius 3 is 2.30 bits per heavy atom. The van der Waals surface area contributed by atoms with Crippen LogP contribution in [0.15, 0.2) is 48.5 Å². The number of para-hydroxylation sites is 1. The molecular weight excluding hydrogens is 252 g/mol. The van der Waals surface area contributed by atoms with E-state index in [9.17, 15) is 4.79 Å². The zero-order chi connectivity index (χ0) is 14.5. The summed E-state index contributed by atoms with van der Waals surface area (Å²) in [6, 6.07) is 15.0. The first-order valence-corrected chi connectivity index (χ1v) is 6.52. The summed E-state index contributed by atoms with van der Waals surface area (Å²) in [5.41, 5.74) is 1.64. The van der Waals surface area contributed by atoms with Crippen LogP contribution in [0, 0.1) is 0 Å². The van der Waals surface area contributed by atoms with Crippen molar-refractivity contribution in [1.29, 1.82) is 0 Å². The Morgan fingerprint density at radius 1 is 1.05 bits per heavy atom. The van der Waals surface area contributed by atoms with E-state index < -0.39 is 0 Å². The molecule has 0 aliphatic rings. The maximum Gasteiger partial charge on any atom is 0.163 e. The molecule has 0 heterocycles. The summed E-state index contributed by atoms with van der Waals surface area (Å²) in [5.74, 6) is 1.43. The van der Waals surface area contributed by atoms with E-state index in [0.29, 0.717) is 11.3 Å². The lowest BCUT2D eigenvalue weighted by Gasteiger charge is -2.17. The fourth-order valence-electron chi connectivity index (χ4n) is 1.99. The van der Waals surface area contributed by atoms with Gasteiger partial charge >= 0.3 is 0 Å². The van der Waals surface area contributed by atoms with Gasteiger partial charge in [-0.3, -0.25) is 4.79 Å². The van der Waals surface area contributed by atoms with Crippen molar-refractivity contribution in [1.82, 2.24) is 0 Å². The lowest BCUT2D eigenvalue weighted by Crippen LogP contribution is -2.06. The highest BCUT2D eigenvalue weighted by atomic mass is 16.5. The van der Waals surface area contributed by atoms with Gasteiger partial charge in [-0.05, 0) is 43.7 Å². The molecule has 0 aromatic heterocycles. The summed E-state index contributed by atoms with van der Waals surface area (Å²) >= 11 is 0. The summed E-state index contributed by atoms with van der Waals surface area (Å²) in [4.78, 5) is 11.6. The van der Waals surface area contributed by atoms with Crippen LogP contribution >= 0.6 is 0 Å². The Kier molecular flexibility index (Phi) is 4.41. The fourth-order valence-corrected chi connectivity index (χ4v) is 1.99. The standard InChI is InChI=1S/C17H18O3/c1-12(18)16-6-4-5-7-17(16)20-13(2)14-8-10-15(19-3)11-9-14/h4-11,13H,1-3H3. The zero-order valence-electron chi connectivity index (χ0n) is 11.9. The average molecular weight is 270 g/mol. The van der Waals surface area contributed by atoms with Crippen LogP contribution in [-0.2, 0) is 0 Å². The lowest BCUT2D eigenvalue weighted by molar-refractivity contribution is 0.101. The second-order valence-electron chi connectivity index (χ2n) is 4.59. The summed E-state index contributed by atoms with van der Waals surface area (Å²) in [5, 5.41) is 0. The molecule has 2 rings (SSSR count). The van der Waals surface area contributed by atoms with E-state index >= 15 is 0 Å². The van der Waals surface area contributed by atoms with Crippen LogP contribution < -0.4 is 9.47 Å². The van der Waals surface area contributed by atoms with Crippen molar-refractivity contribution < 1.29 is 14.3 Å². The number of hydrogen-bond donors (Lipinski definition) is 0. The first-order chi connectivity index (χ1) is 9.61. The van der Waals surface area contributed by atoms with Gasteiger partial charge < -0.3 is 9.47 Å². The van der Waals surface area contributed by atoms with Crippen molar-refractivity contribution in [3.8, 4) is 11.5 Å². The van der Waals surface area contributed by atoms with Gasteiger partial charge in [0.15, 0.2) is 5.78 Å². The van der Waals surface area contributed by atoms with Gasteiger partial charge in [-0.25, -0.2) is 0 Å².